The van der Waals surface area contributed by atoms with Crippen LogP contribution in [-0.2, 0) is 9.53 Å². The Morgan fingerprint density at radius 1 is 1.44 bits per heavy atom. The number of nitriles is 1. The number of amides is 1. The van der Waals surface area contributed by atoms with Gasteiger partial charge in [0.15, 0.2) is 0 Å². The van der Waals surface area contributed by atoms with Crippen LogP contribution in [-0.4, -0.2) is 24.7 Å². The Kier molecular flexibility index (Phi) is 6.83. The first-order chi connectivity index (χ1) is 12.0. The van der Waals surface area contributed by atoms with Crippen molar-refractivity contribution >= 4 is 11.6 Å². The second-order valence-electron chi connectivity index (χ2n) is 6.75. The number of rotatable bonds is 7. The fourth-order valence-electron chi connectivity index (χ4n) is 3.46. The minimum Gasteiger partial charge on any atom is -0.492 e. The lowest BCUT2D eigenvalue weighted by atomic mass is 9.78. The molecule has 25 heavy (non-hydrogen) atoms. The highest BCUT2D eigenvalue weighted by Crippen LogP contribution is 2.36. The highest BCUT2D eigenvalue weighted by Gasteiger charge is 2.42. The van der Waals surface area contributed by atoms with Crippen LogP contribution in [0.2, 0.25) is 0 Å². The van der Waals surface area contributed by atoms with Crippen LogP contribution < -0.4 is 10.1 Å². The van der Waals surface area contributed by atoms with Gasteiger partial charge in [-0.25, -0.2) is 0 Å². The third kappa shape index (κ3) is 4.73. The Hall–Kier alpha value is -2.06. The number of hydrogen-bond acceptors (Lipinski definition) is 4. The largest absolute Gasteiger partial charge is 0.492 e. The maximum Gasteiger partial charge on any atom is 0.256 e. The molecule has 1 aromatic carbocycles. The summed E-state index contributed by atoms with van der Waals surface area (Å²) in [7, 11) is 0. The summed E-state index contributed by atoms with van der Waals surface area (Å²) in [6.07, 6.45) is 4.46. The van der Waals surface area contributed by atoms with Crippen LogP contribution in [0.5, 0.6) is 5.75 Å². The highest BCUT2D eigenvalue weighted by molar-refractivity contribution is 5.97. The van der Waals surface area contributed by atoms with Gasteiger partial charge in [0.05, 0.1) is 12.2 Å². The van der Waals surface area contributed by atoms with Crippen LogP contribution in [0.15, 0.2) is 18.2 Å². The number of anilines is 1. The Bertz CT molecular complexity index is 634. The summed E-state index contributed by atoms with van der Waals surface area (Å²) in [4.78, 5) is 12.9. The zero-order chi connectivity index (χ0) is 18.3. The molecule has 5 nitrogen and oxygen atoms in total. The number of benzene rings is 1. The predicted octanol–water partition coefficient (Wildman–Crippen LogP) is 4.27. The molecule has 0 bridgehead atoms. The molecule has 1 N–H and O–H groups in total. The summed E-state index contributed by atoms with van der Waals surface area (Å²) in [6.45, 7) is 7.16. The summed E-state index contributed by atoms with van der Waals surface area (Å²) in [5, 5.41) is 12.3. The van der Waals surface area contributed by atoms with E-state index in [4.69, 9.17) is 9.47 Å². The van der Waals surface area contributed by atoms with Crippen molar-refractivity contribution in [3.05, 3.63) is 23.8 Å². The van der Waals surface area contributed by atoms with E-state index in [1.54, 1.807) is 18.2 Å². The summed E-state index contributed by atoms with van der Waals surface area (Å²) in [5.41, 5.74) is 0.257. The van der Waals surface area contributed by atoms with E-state index in [-0.39, 0.29) is 5.91 Å². The average molecular weight is 344 g/mol. The molecule has 5 heteroatoms. The quantitative estimate of drug-likeness (QED) is 0.802. The van der Waals surface area contributed by atoms with Gasteiger partial charge in [-0.05, 0) is 56.7 Å². The molecule has 1 saturated carbocycles. The molecule has 1 aliphatic carbocycles. The van der Waals surface area contributed by atoms with E-state index in [0.29, 0.717) is 36.1 Å². The van der Waals surface area contributed by atoms with Crippen molar-refractivity contribution in [2.75, 3.05) is 18.5 Å². The van der Waals surface area contributed by atoms with E-state index >= 15 is 0 Å². The van der Waals surface area contributed by atoms with Crippen LogP contribution in [0.3, 0.4) is 0 Å². The molecule has 0 radical (unpaired) electrons. The lowest BCUT2D eigenvalue weighted by Crippen LogP contribution is -2.48. The summed E-state index contributed by atoms with van der Waals surface area (Å²) in [5.74, 6) is 0.894. The van der Waals surface area contributed by atoms with Crippen molar-refractivity contribution in [2.45, 2.75) is 58.5 Å². The molecule has 0 aromatic heterocycles. The number of hydrogen-bond donors (Lipinski definition) is 1. The third-order valence-electron chi connectivity index (χ3n) is 4.61. The van der Waals surface area contributed by atoms with Crippen molar-refractivity contribution in [3.63, 3.8) is 0 Å². The van der Waals surface area contributed by atoms with Gasteiger partial charge in [-0.15, -0.1) is 0 Å². The van der Waals surface area contributed by atoms with Gasteiger partial charge in [0.1, 0.15) is 17.4 Å². The zero-order valence-corrected chi connectivity index (χ0v) is 15.4. The number of carbonyl (C=O) groups excluding carboxylic acids is 1. The average Bonchev–Trinajstić information content (AvgIpc) is 2.60. The fourth-order valence-corrected chi connectivity index (χ4v) is 3.46. The molecule has 1 fully saturated rings. The van der Waals surface area contributed by atoms with Gasteiger partial charge >= 0.3 is 0 Å². The molecule has 2 rings (SSSR count). The molecule has 0 spiro atoms. The van der Waals surface area contributed by atoms with Gasteiger partial charge < -0.3 is 14.8 Å². The molecule has 1 amide bonds. The Labute approximate surface area is 150 Å². The van der Waals surface area contributed by atoms with E-state index in [2.05, 4.69) is 18.3 Å². The second-order valence-corrected chi connectivity index (χ2v) is 6.75. The molecule has 0 heterocycles. The van der Waals surface area contributed by atoms with Gasteiger partial charge in [-0.1, -0.05) is 20.3 Å². The molecule has 1 aromatic rings. The first-order valence-electron chi connectivity index (χ1n) is 9.17. The second kappa shape index (κ2) is 8.87. The minimum atomic E-state index is -0.767. The normalized spacial score (nSPS) is 22.9. The van der Waals surface area contributed by atoms with Crippen molar-refractivity contribution < 1.29 is 14.3 Å². The molecule has 2 atom stereocenters. The van der Waals surface area contributed by atoms with Crippen LogP contribution in [0.4, 0.5) is 5.69 Å². The topological polar surface area (TPSA) is 71.3 Å². The number of nitrogens with zero attached hydrogens (tertiary/aromatic N) is 1. The standard InChI is InChI=1S/C20H28N2O3/c1-4-11-24-18-9-8-17(12-16(18)14-21)22-19(23)20(25-5-2)10-6-7-15(3)13-20/h8-9,12,15H,4-7,10-11,13H2,1-3H3,(H,22,23)/t15-,20+/m0/s1. The molecule has 0 saturated heterocycles. The van der Waals surface area contributed by atoms with Crippen LogP contribution in [0, 0.1) is 17.2 Å². The van der Waals surface area contributed by atoms with Crippen LogP contribution in [0.25, 0.3) is 0 Å². The van der Waals surface area contributed by atoms with Crippen LogP contribution >= 0.6 is 0 Å². The van der Waals surface area contributed by atoms with E-state index < -0.39 is 5.60 Å². The van der Waals surface area contributed by atoms with Crippen molar-refractivity contribution in [3.8, 4) is 11.8 Å². The van der Waals surface area contributed by atoms with Crippen molar-refractivity contribution in [1.29, 1.82) is 5.26 Å². The molecule has 0 unspecified atom stereocenters. The van der Waals surface area contributed by atoms with E-state index in [1.165, 1.54) is 0 Å². The molecular formula is C20H28N2O3. The lowest BCUT2D eigenvalue weighted by molar-refractivity contribution is -0.147. The zero-order valence-electron chi connectivity index (χ0n) is 15.4. The van der Waals surface area contributed by atoms with E-state index in [1.807, 2.05) is 13.8 Å². The molecular weight excluding hydrogens is 316 g/mol. The molecule has 0 aliphatic heterocycles. The van der Waals surface area contributed by atoms with E-state index in [0.717, 1.165) is 32.1 Å². The predicted molar refractivity (Wildman–Crippen MR) is 97.6 cm³/mol. The molecule has 136 valence electrons. The summed E-state index contributed by atoms with van der Waals surface area (Å²) < 4.78 is 11.5. The summed E-state index contributed by atoms with van der Waals surface area (Å²) >= 11 is 0. The van der Waals surface area contributed by atoms with Gasteiger partial charge in [-0.2, -0.15) is 5.26 Å². The highest BCUT2D eigenvalue weighted by atomic mass is 16.5. The maximum absolute atomic E-state index is 12.9. The van der Waals surface area contributed by atoms with Crippen molar-refractivity contribution in [2.24, 2.45) is 5.92 Å². The van der Waals surface area contributed by atoms with Gasteiger partial charge in [0.25, 0.3) is 5.91 Å². The van der Waals surface area contributed by atoms with Gasteiger partial charge in [-0.3, -0.25) is 4.79 Å². The number of nitrogens with one attached hydrogen (secondary N) is 1. The monoisotopic (exact) mass is 344 g/mol. The first-order valence-corrected chi connectivity index (χ1v) is 9.17. The van der Waals surface area contributed by atoms with Gasteiger partial charge in [0.2, 0.25) is 0 Å². The number of carbonyl (C=O) groups is 1. The third-order valence-corrected chi connectivity index (χ3v) is 4.61. The summed E-state index contributed by atoms with van der Waals surface area (Å²) in [6, 6.07) is 7.30. The first kappa shape index (κ1) is 19.3. The lowest BCUT2D eigenvalue weighted by Gasteiger charge is -2.38. The Balaban J connectivity index is 2.16. The molecule has 1 aliphatic rings. The van der Waals surface area contributed by atoms with Crippen molar-refractivity contribution in [1.82, 2.24) is 0 Å². The fraction of sp³-hybridized carbons (Fsp3) is 0.600. The maximum atomic E-state index is 12.9. The Morgan fingerprint density at radius 3 is 2.88 bits per heavy atom. The SMILES string of the molecule is CCCOc1ccc(NC(=O)[C@@]2(OCC)CCC[C@H](C)C2)cc1C#N. The minimum absolute atomic E-state index is 0.119. The van der Waals surface area contributed by atoms with Gasteiger partial charge in [0, 0.05) is 12.3 Å². The number of ether oxygens (including phenoxy) is 2. The van der Waals surface area contributed by atoms with Crippen LogP contribution in [0.1, 0.15) is 58.4 Å². The van der Waals surface area contributed by atoms with E-state index in [9.17, 15) is 10.1 Å². The smallest absolute Gasteiger partial charge is 0.256 e. The Morgan fingerprint density at radius 2 is 2.24 bits per heavy atom.